The van der Waals surface area contributed by atoms with Gasteiger partial charge in [-0.05, 0) is 37.3 Å². The van der Waals surface area contributed by atoms with Gasteiger partial charge in [-0.1, -0.05) is 38.0 Å². The Bertz CT molecular complexity index is 531. The number of benzene rings is 1. The van der Waals surface area contributed by atoms with Gasteiger partial charge in [-0.25, -0.2) is 0 Å². The maximum atomic E-state index is 5.57. The highest BCUT2D eigenvalue weighted by molar-refractivity contribution is 5.80. The van der Waals surface area contributed by atoms with E-state index in [0.29, 0.717) is 0 Å². The van der Waals surface area contributed by atoms with Crippen molar-refractivity contribution in [3.63, 3.8) is 0 Å². The normalized spacial score (nSPS) is 23.8. The van der Waals surface area contributed by atoms with Crippen molar-refractivity contribution in [1.29, 1.82) is 0 Å². The number of rotatable bonds is 4. The zero-order chi connectivity index (χ0) is 13.1. The first-order chi connectivity index (χ1) is 9.33. The Morgan fingerprint density at radius 3 is 3.05 bits per heavy atom. The molecule has 2 aromatic rings. The Morgan fingerprint density at radius 1 is 1.26 bits per heavy atom. The van der Waals surface area contributed by atoms with Gasteiger partial charge in [0, 0.05) is 17.5 Å². The molecule has 1 heterocycles. The molecule has 19 heavy (non-hydrogen) atoms. The number of para-hydroxylation sites is 1. The number of hydrogen-bond donors (Lipinski definition) is 1. The predicted octanol–water partition coefficient (Wildman–Crippen LogP) is 4.35. The lowest BCUT2D eigenvalue weighted by Crippen LogP contribution is -2.26. The van der Waals surface area contributed by atoms with Crippen LogP contribution in [0.5, 0.6) is 0 Å². The van der Waals surface area contributed by atoms with Gasteiger partial charge in [-0.2, -0.15) is 0 Å². The minimum atomic E-state index is 0.863. The molecule has 1 aliphatic rings. The summed E-state index contributed by atoms with van der Waals surface area (Å²) in [5.41, 5.74) is 2.27. The Hall–Kier alpha value is -1.28. The van der Waals surface area contributed by atoms with E-state index >= 15 is 0 Å². The van der Waals surface area contributed by atoms with E-state index in [1.165, 1.54) is 36.6 Å². The second-order valence-corrected chi connectivity index (χ2v) is 6.03. The summed E-state index contributed by atoms with van der Waals surface area (Å²) in [6.45, 7) is 4.45. The van der Waals surface area contributed by atoms with Crippen LogP contribution in [0, 0.1) is 11.8 Å². The van der Waals surface area contributed by atoms with Crippen molar-refractivity contribution >= 4 is 11.0 Å². The van der Waals surface area contributed by atoms with E-state index in [0.717, 1.165) is 30.5 Å². The minimum Gasteiger partial charge on any atom is -0.464 e. The Labute approximate surface area is 115 Å². The molecule has 1 saturated carbocycles. The molecule has 2 unspecified atom stereocenters. The standard InChI is InChI=1S/C17H23NO/c1-13-5-4-6-14(9-13)10-18-11-15-12-19-17-8-3-2-7-16(15)17/h2-3,7-8,12-14,18H,4-6,9-11H2,1H3. The van der Waals surface area contributed by atoms with E-state index < -0.39 is 0 Å². The van der Waals surface area contributed by atoms with Crippen molar-refractivity contribution in [2.75, 3.05) is 6.54 Å². The maximum absolute atomic E-state index is 5.57. The van der Waals surface area contributed by atoms with Crippen molar-refractivity contribution in [3.05, 3.63) is 36.1 Å². The molecule has 2 nitrogen and oxygen atoms in total. The molecule has 2 heteroatoms. The lowest BCUT2D eigenvalue weighted by Gasteiger charge is -2.26. The van der Waals surface area contributed by atoms with E-state index in [-0.39, 0.29) is 0 Å². The summed E-state index contributed by atoms with van der Waals surface area (Å²) in [5.74, 6) is 1.78. The molecule has 102 valence electrons. The fourth-order valence-corrected chi connectivity index (χ4v) is 3.33. The first-order valence-electron chi connectivity index (χ1n) is 7.49. The van der Waals surface area contributed by atoms with Crippen LogP contribution in [0.15, 0.2) is 34.9 Å². The zero-order valence-electron chi connectivity index (χ0n) is 11.7. The predicted molar refractivity (Wildman–Crippen MR) is 79.0 cm³/mol. The Balaban J connectivity index is 1.55. The third kappa shape index (κ3) is 3.01. The second-order valence-electron chi connectivity index (χ2n) is 6.03. The molecular formula is C17H23NO. The molecule has 0 spiro atoms. The Kier molecular flexibility index (Phi) is 3.88. The van der Waals surface area contributed by atoms with Crippen LogP contribution in [0.2, 0.25) is 0 Å². The highest BCUT2D eigenvalue weighted by Crippen LogP contribution is 2.28. The van der Waals surface area contributed by atoms with Crippen LogP contribution in [-0.2, 0) is 6.54 Å². The number of fused-ring (bicyclic) bond motifs is 1. The Morgan fingerprint density at radius 2 is 2.16 bits per heavy atom. The zero-order valence-corrected chi connectivity index (χ0v) is 11.7. The highest BCUT2D eigenvalue weighted by atomic mass is 16.3. The van der Waals surface area contributed by atoms with Crippen LogP contribution in [-0.4, -0.2) is 6.54 Å². The summed E-state index contributed by atoms with van der Waals surface area (Å²) >= 11 is 0. The minimum absolute atomic E-state index is 0.863. The van der Waals surface area contributed by atoms with Crippen LogP contribution in [0.3, 0.4) is 0 Å². The van der Waals surface area contributed by atoms with Crippen LogP contribution >= 0.6 is 0 Å². The first-order valence-corrected chi connectivity index (χ1v) is 7.49. The lowest BCUT2D eigenvalue weighted by atomic mass is 9.82. The van der Waals surface area contributed by atoms with Gasteiger partial charge in [0.15, 0.2) is 0 Å². The quantitative estimate of drug-likeness (QED) is 0.881. The SMILES string of the molecule is CC1CCCC(CNCc2coc3ccccc23)C1. The van der Waals surface area contributed by atoms with Crippen molar-refractivity contribution in [2.24, 2.45) is 11.8 Å². The van der Waals surface area contributed by atoms with Crippen molar-refractivity contribution in [2.45, 2.75) is 39.2 Å². The second kappa shape index (κ2) is 5.79. The molecule has 1 aliphatic carbocycles. The number of hydrogen-bond acceptors (Lipinski definition) is 2. The summed E-state index contributed by atoms with van der Waals surface area (Å²) in [4.78, 5) is 0. The molecule has 0 radical (unpaired) electrons. The number of nitrogens with one attached hydrogen (secondary N) is 1. The first kappa shape index (κ1) is 12.7. The van der Waals surface area contributed by atoms with E-state index in [2.05, 4.69) is 24.4 Å². The molecule has 0 amide bonds. The number of furan rings is 1. The average molecular weight is 257 g/mol. The molecule has 1 N–H and O–H groups in total. The van der Waals surface area contributed by atoms with Crippen LogP contribution in [0.4, 0.5) is 0 Å². The fraction of sp³-hybridized carbons (Fsp3) is 0.529. The topological polar surface area (TPSA) is 25.2 Å². The van der Waals surface area contributed by atoms with Gasteiger partial charge < -0.3 is 9.73 Å². The summed E-state index contributed by atoms with van der Waals surface area (Å²) < 4.78 is 5.57. The third-order valence-corrected chi connectivity index (χ3v) is 4.35. The average Bonchev–Trinajstić information content (AvgIpc) is 2.83. The lowest BCUT2D eigenvalue weighted by molar-refractivity contribution is 0.274. The fourth-order valence-electron chi connectivity index (χ4n) is 3.33. The van der Waals surface area contributed by atoms with Crippen LogP contribution < -0.4 is 5.32 Å². The van der Waals surface area contributed by atoms with Crippen molar-refractivity contribution in [1.82, 2.24) is 5.32 Å². The van der Waals surface area contributed by atoms with Gasteiger partial charge in [-0.15, -0.1) is 0 Å². The van der Waals surface area contributed by atoms with Gasteiger partial charge >= 0.3 is 0 Å². The van der Waals surface area contributed by atoms with Crippen LogP contribution in [0.1, 0.15) is 38.2 Å². The summed E-state index contributed by atoms with van der Waals surface area (Å²) in [5, 5.41) is 4.85. The third-order valence-electron chi connectivity index (χ3n) is 4.35. The van der Waals surface area contributed by atoms with Crippen molar-refractivity contribution < 1.29 is 4.42 Å². The molecule has 2 atom stereocenters. The van der Waals surface area contributed by atoms with E-state index in [1.54, 1.807) is 0 Å². The molecule has 1 aromatic heterocycles. The molecule has 0 bridgehead atoms. The monoisotopic (exact) mass is 257 g/mol. The van der Waals surface area contributed by atoms with E-state index in [1.807, 2.05) is 18.4 Å². The van der Waals surface area contributed by atoms with E-state index in [4.69, 9.17) is 4.42 Å². The summed E-state index contributed by atoms with van der Waals surface area (Å²) in [6.07, 6.45) is 7.49. The molecule has 1 aromatic carbocycles. The summed E-state index contributed by atoms with van der Waals surface area (Å²) in [7, 11) is 0. The van der Waals surface area contributed by atoms with Gasteiger partial charge in [-0.3, -0.25) is 0 Å². The van der Waals surface area contributed by atoms with Crippen molar-refractivity contribution in [3.8, 4) is 0 Å². The van der Waals surface area contributed by atoms with Gasteiger partial charge in [0.1, 0.15) is 5.58 Å². The molecular weight excluding hydrogens is 234 g/mol. The van der Waals surface area contributed by atoms with Crippen LogP contribution in [0.25, 0.3) is 11.0 Å². The molecule has 0 aliphatic heterocycles. The highest BCUT2D eigenvalue weighted by Gasteiger charge is 2.18. The smallest absolute Gasteiger partial charge is 0.134 e. The van der Waals surface area contributed by atoms with E-state index in [9.17, 15) is 0 Å². The maximum Gasteiger partial charge on any atom is 0.134 e. The molecule has 1 fully saturated rings. The van der Waals surface area contributed by atoms with Gasteiger partial charge in [0.05, 0.1) is 6.26 Å². The summed E-state index contributed by atoms with van der Waals surface area (Å²) in [6, 6.07) is 8.26. The largest absolute Gasteiger partial charge is 0.464 e. The van der Waals surface area contributed by atoms with Gasteiger partial charge in [0.2, 0.25) is 0 Å². The molecule has 0 saturated heterocycles. The molecule has 3 rings (SSSR count). The van der Waals surface area contributed by atoms with Gasteiger partial charge in [0.25, 0.3) is 0 Å².